The van der Waals surface area contributed by atoms with Crippen LogP contribution in [0.4, 0.5) is 4.39 Å². The lowest BCUT2D eigenvalue weighted by Gasteiger charge is -2.33. The number of rotatable bonds is 2. The molecule has 1 aromatic heterocycles. The van der Waals surface area contributed by atoms with Crippen molar-refractivity contribution in [3.63, 3.8) is 0 Å². The van der Waals surface area contributed by atoms with Crippen LogP contribution in [0.25, 0.3) is 16.6 Å². The minimum Gasteiger partial charge on any atom is -0.317 e. The normalized spacial score (nSPS) is 17.5. The van der Waals surface area contributed by atoms with Gasteiger partial charge in [0.2, 0.25) is 0 Å². The van der Waals surface area contributed by atoms with Gasteiger partial charge in [0.25, 0.3) is 0 Å². The van der Waals surface area contributed by atoms with Crippen molar-refractivity contribution in [1.82, 2.24) is 9.88 Å². The summed E-state index contributed by atoms with van der Waals surface area (Å²) in [4.78, 5) is 0. The van der Waals surface area contributed by atoms with Crippen LogP contribution < -0.4 is 5.32 Å². The van der Waals surface area contributed by atoms with Gasteiger partial charge in [0.05, 0.1) is 5.52 Å². The van der Waals surface area contributed by atoms with Crippen LogP contribution in [0.15, 0.2) is 54.7 Å². The van der Waals surface area contributed by atoms with E-state index in [0.29, 0.717) is 5.92 Å². The zero-order chi connectivity index (χ0) is 18.9. The molecule has 2 aromatic carbocycles. The van der Waals surface area contributed by atoms with Crippen molar-refractivity contribution < 1.29 is 4.39 Å². The van der Waals surface area contributed by atoms with E-state index in [9.17, 15) is 4.39 Å². The minimum absolute atomic E-state index is 0.00240. The van der Waals surface area contributed by atoms with Crippen molar-refractivity contribution >= 4 is 10.9 Å². The van der Waals surface area contributed by atoms with Gasteiger partial charge in [-0.2, -0.15) is 0 Å². The molecular formula is C24H25FN2. The Hall–Kier alpha value is -2.57. The fraction of sp³-hybridized carbons (Fsp3) is 0.333. The van der Waals surface area contributed by atoms with Crippen LogP contribution in [0, 0.1) is 29.0 Å². The third-order valence-electron chi connectivity index (χ3n) is 5.64. The molecule has 1 aliphatic heterocycles. The average molecular weight is 360 g/mol. The Morgan fingerprint density at radius 1 is 1.11 bits per heavy atom. The fourth-order valence-electron chi connectivity index (χ4n) is 3.85. The van der Waals surface area contributed by atoms with E-state index >= 15 is 0 Å². The standard InChI is InChI=1S/C24H25FN2/c1-24(2,20-4-3-14-26-17-20)13-11-18-5-10-23-19(16-18)12-15-27(23)22-8-6-21(25)7-9-22/h5-10,12,15-16,20,26H,3-4,14,17H2,1-2H3. The SMILES string of the molecule is CC(C)(C#Cc1ccc2c(ccn2-c2ccc(F)cc2)c1)C1CCCNC1. The quantitative estimate of drug-likeness (QED) is 0.626. The van der Waals surface area contributed by atoms with Crippen LogP contribution >= 0.6 is 0 Å². The van der Waals surface area contributed by atoms with E-state index in [-0.39, 0.29) is 11.2 Å². The smallest absolute Gasteiger partial charge is 0.123 e. The molecule has 27 heavy (non-hydrogen) atoms. The minimum atomic E-state index is -0.219. The summed E-state index contributed by atoms with van der Waals surface area (Å²) in [6, 6.07) is 15.0. The van der Waals surface area contributed by atoms with Crippen LogP contribution in [0.2, 0.25) is 0 Å². The first-order valence-corrected chi connectivity index (χ1v) is 9.64. The highest BCUT2D eigenvalue weighted by Gasteiger charge is 2.28. The van der Waals surface area contributed by atoms with E-state index in [1.165, 1.54) is 25.0 Å². The topological polar surface area (TPSA) is 17.0 Å². The molecule has 1 saturated heterocycles. The molecule has 0 bridgehead atoms. The lowest BCUT2D eigenvalue weighted by molar-refractivity contribution is 0.235. The lowest BCUT2D eigenvalue weighted by atomic mass is 9.75. The Balaban J connectivity index is 1.61. The van der Waals surface area contributed by atoms with Crippen LogP contribution in [0.5, 0.6) is 0 Å². The van der Waals surface area contributed by atoms with Crippen LogP contribution in [0.3, 0.4) is 0 Å². The van der Waals surface area contributed by atoms with Crippen molar-refractivity contribution in [2.24, 2.45) is 11.3 Å². The van der Waals surface area contributed by atoms with E-state index in [1.54, 1.807) is 12.1 Å². The van der Waals surface area contributed by atoms with E-state index in [2.05, 4.69) is 59.8 Å². The Bertz CT molecular complexity index is 996. The van der Waals surface area contributed by atoms with Gasteiger partial charge < -0.3 is 9.88 Å². The summed E-state index contributed by atoms with van der Waals surface area (Å²) in [7, 11) is 0. The highest BCUT2D eigenvalue weighted by Crippen LogP contribution is 2.31. The molecule has 4 rings (SSSR count). The maximum Gasteiger partial charge on any atom is 0.123 e. The summed E-state index contributed by atoms with van der Waals surface area (Å²) in [6.07, 6.45) is 4.50. The van der Waals surface area contributed by atoms with Crippen LogP contribution in [-0.4, -0.2) is 17.7 Å². The summed E-state index contributed by atoms with van der Waals surface area (Å²) < 4.78 is 15.3. The summed E-state index contributed by atoms with van der Waals surface area (Å²) in [5.41, 5.74) is 3.10. The Kier molecular flexibility index (Phi) is 4.76. The van der Waals surface area contributed by atoms with Gasteiger partial charge in [-0.25, -0.2) is 4.39 Å². The molecule has 1 fully saturated rings. The Labute approximate surface area is 160 Å². The molecule has 0 radical (unpaired) electrons. The molecule has 1 N–H and O–H groups in total. The molecule has 0 spiro atoms. The molecule has 0 amide bonds. The van der Waals surface area contributed by atoms with Gasteiger partial charge >= 0.3 is 0 Å². The van der Waals surface area contributed by atoms with E-state index < -0.39 is 0 Å². The van der Waals surface area contributed by atoms with Gasteiger partial charge in [-0.15, -0.1) is 0 Å². The van der Waals surface area contributed by atoms with Gasteiger partial charge in [0.15, 0.2) is 0 Å². The van der Waals surface area contributed by atoms with Crippen molar-refractivity contribution in [2.45, 2.75) is 26.7 Å². The van der Waals surface area contributed by atoms with Gasteiger partial charge in [-0.05, 0) is 94.2 Å². The van der Waals surface area contributed by atoms with Crippen molar-refractivity contribution in [2.75, 3.05) is 13.1 Å². The lowest BCUT2D eigenvalue weighted by Crippen LogP contribution is -2.37. The number of halogens is 1. The molecule has 1 aliphatic rings. The van der Waals surface area contributed by atoms with Gasteiger partial charge in [-0.3, -0.25) is 0 Å². The maximum atomic E-state index is 13.2. The zero-order valence-electron chi connectivity index (χ0n) is 15.9. The number of fused-ring (bicyclic) bond motifs is 1. The number of aromatic nitrogens is 1. The number of hydrogen-bond donors (Lipinski definition) is 1. The largest absolute Gasteiger partial charge is 0.317 e. The van der Waals surface area contributed by atoms with Crippen LogP contribution in [-0.2, 0) is 0 Å². The summed E-state index contributed by atoms with van der Waals surface area (Å²) >= 11 is 0. The predicted octanol–water partition coefficient (Wildman–Crippen LogP) is 5.15. The number of nitrogens with one attached hydrogen (secondary N) is 1. The second kappa shape index (κ2) is 7.21. The molecule has 1 unspecified atom stereocenters. The summed E-state index contributed by atoms with van der Waals surface area (Å²) in [6.45, 7) is 6.69. The van der Waals surface area contributed by atoms with Crippen molar-refractivity contribution in [3.05, 3.63) is 66.1 Å². The highest BCUT2D eigenvalue weighted by molar-refractivity contribution is 5.83. The predicted molar refractivity (Wildman–Crippen MR) is 109 cm³/mol. The number of nitrogens with zero attached hydrogens (tertiary/aromatic N) is 1. The van der Waals surface area contributed by atoms with E-state index in [0.717, 1.165) is 35.2 Å². The molecule has 0 saturated carbocycles. The second-order valence-electron chi connectivity index (χ2n) is 7.95. The number of hydrogen-bond acceptors (Lipinski definition) is 1. The molecule has 2 nitrogen and oxygen atoms in total. The average Bonchev–Trinajstić information content (AvgIpc) is 3.11. The van der Waals surface area contributed by atoms with Crippen molar-refractivity contribution in [3.8, 4) is 17.5 Å². The van der Waals surface area contributed by atoms with Crippen molar-refractivity contribution in [1.29, 1.82) is 0 Å². The highest BCUT2D eigenvalue weighted by atomic mass is 19.1. The molecule has 138 valence electrons. The second-order valence-corrected chi connectivity index (χ2v) is 7.95. The molecular weight excluding hydrogens is 335 g/mol. The Morgan fingerprint density at radius 2 is 1.93 bits per heavy atom. The zero-order valence-corrected chi connectivity index (χ0v) is 15.9. The van der Waals surface area contributed by atoms with Gasteiger partial charge in [0.1, 0.15) is 5.82 Å². The monoisotopic (exact) mass is 360 g/mol. The first kappa shape index (κ1) is 17.8. The first-order chi connectivity index (χ1) is 13.0. The summed E-state index contributed by atoms with van der Waals surface area (Å²) in [5.74, 6) is 7.29. The molecule has 3 aromatic rings. The number of benzene rings is 2. The van der Waals surface area contributed by atoms with Gasteiger partial charge in [-0.1, -0.05) is 11.8 Å². The molecule has 1 atom stereocenters. The third-order valence-corrected chi connectivity index (χ3v) is 5.64. The maximum absolute atomic E-state index is 13.2. The van der Waals surface area contributed by atoms with E-state index in [4.69, 9.17) is 0 Å². The molecule has 3 heteroatoms. The molecule has 2 heterocycles. The summed E-state index contributed by atoms with van der Waals surface area (Å²) in [5, 5.41) is 4.63. The fourth-order valence-corrected chi connectivity index (χ4v) is 3.85. The number of piperidine rings is 1. The third kappa shape index (κ3) is 3.77. The van der Waals surface area contributed by atoms with Gasteiger partial charge in [0, 0.05) is 28.2 Å². The van der Waals surface area contributed by atoms with Crippen LogP contribution in [0.1, 0.15) is 32.3 Å². The van der Waals surface area contributed by atoms with E-state index in [1.807, 2.05) is 6.20 Å². The Morgan fingerprint density at radius 3 is 2.67 bits per heavy atom. The molecule has 0 aliphatic carbocycles. The first-order valence-electron chi connectivity index (χ1n) is 9.64.